The molecule has 0 atom stereocenters. The number of rotatable bonds is 5. The molecule has 7 heteroatoms. The normalized spacial score (nSPS) is 14.2. The smallest absolute Gasteiger partial charge is 0.266 e. The van der Waals surface area contributed by atoms with Gasteiger partial charge in [-0.15, -0.1) is 0 Å². The van der Waals surface area contributed by atoms with E-state index in [9.17, 15) is 4.79 Å². The molecule has 1 N–H and O–H groups in total. The van der Waals surface area contributed by atoms with E-state index in [1.807, 2.05) is 32.0 Å². The van der Waals surface area contributed by atoms with Crippen LogP contribution >= 0.6 is 0 Å². The van der Waals surface area contributed by atoms with Crippen LogP contribution in [0.3, 0.4) is 0 Å². The highest BCUT2D eigenvalue weighted by atomic mass is 16.1. The average molecular weight is 324 g/mol. The first kappa shape index (κ1) is 14.9. The van der Waals surface area contributed by atoms with Gasteiger partial charge in [0.15, 0.2) is 5.65 Å². The molecule has 3 aromatic rings. The van der Waals surface area contributed by atoms with E-state index in [-0.39, 0.29) is 5.56 Å². The average Bonchev–Trinajstić information content (AvgIpc) is 3.31. The van der Waals surface area contributed by atoms with Crippen LogP contribution in [0.1, 0.15) is 35.8 Å². The summed E-state index contributed by atoms with van der Waals surface area (Å²) < 4.78 is 3.33. The summed E-state index contributed by atoms with van der Waals surface area (Å²) in [5.74, 6) is 1.41. The van der Waals surface area contributed by atoms with Crippen molar-refractivity contribution in [1.29, 1.82) is 0 Å². The summed E-state index contributed by atoms with van der Waals surface area (Å²) in [7, 11) is 0. The fourth-order valence-electron chi connectivity index (χ4n) is 2.85. The van der Waals surface area contributed by atoms with Crippen molar-refractivity contribution in [1.82, 2.24) is 24.4 Å². The van der Waals surface area contributed by atoms with Crippen molar-refractivity contribution in [2.24, 2.45) is 0 Å². The Morgan fingerprint density at radius 2 is 2.00 bits per heavy atom. The topological polar surface area (TPSA) is 77.1 Å². The third-order valence-corrected chi connectivity index (χ3v) is 4.19. The molecule has 1 aliphatic carbocycles. The Morgan fingerprint density at radius 3 is 2.79 bits per heavy atom. The second kappa shape index (κ2) is 5.74. The summed E-state index contributed by atoms with van der Waals surface area (Å²) in [4.78, 5) is 16.4. The zero-order valence-electron chi connectivity index (χ0n) is 13.9. The van der Waals surface area contributed by atoms with Crippen molar-refractivity contribution in [2.75, 3.05) is 11.9 Å². The second-order valence-electron chi connectivity index (χ2n) is 6.36. The lowest BCUT2D eigenvalue weighted by Crippen LogP contribution is -2.26. The van der Waals surface area contributed by atoms with E-state index in [2.05, 4.69) is 20.5 Å². The van der Waals surface area contributed by atoms with Gasteiger partial charge >= 0.3 is 0 Å². The predicted molar refractivity (Wildman–Crippen MR) is 91.4 cm³/mol. The molecule has 3 aromatic heterocycles. The van der Waals surface area contributed by atoms with Gasteiger partial charge in [-0.05, 0) is 32.8 Å². The Morgan fingerprint density at radius 1 is 1.17 bits per heavy atom. The van der Waals surface area contributed by atoms with E-state index in [1.54, 1.807) is 15.3 Å². The highest BCUT2D eigenvalue weighted by Gasteiger charge is 2.25. The fraction of sp³-hybridized carbons (Fsp3) is 0.412. The van der Waals surface area contributed by atoms with Crippen molar-refractivity contribution in [3.63, 3.8) is 0 Å². The maximum Gasteiger partial charge on any atom is 0.266 e. The van der Waals surface area contributed by atoms with E-state index in [4.69, 9.17) is 0 Å². The van der Waals surface area contributed by atoms with Crippen molar-refractivity contribution in [3.8, 4) is 0 Å². The van der Waals surface area contributed by atoms with Crippen LogP contribution in [-0.2, 0) is 6.54 Å². The van der Waals surface area contributed by atoms with Crippen molar-refractivity contribution >= 4 is 11.5 Å². The van der Waals surface area contributed by atoms with Crippen LogP contribution < -0.4 is 10.9 Å². The van der Waals surface area contributed by atoms with E-state index in [1.165, 1.54) is 12.8 Å². The van der Waals surface area contributed by atoms with Gasteiger partial charge in [-0.3, -0.25) is 4.79 Å². The third kappa shape index (κ3) is 2.89. The van der Waals surface area contributed by atoms with Crippen LogP contribution in [0.5, 0.6) is 0 Å². The molecular formula is C17H20N6O. The highest BCUT2D eigenvalue weighted by Crippen LogP contribution is 2.38. The van der Waals surface area contributed by atoms with E-state index < -0.39 is 0 Å². The predicted octanol–water partition coefficient (Wildman–Crippen LogP) is 1.89. The number of aryl methyl sites for hydroxylation is 2. The molecule has 0 amide bonds. The summed E-state index contributed by atoms with van der Waals surface area (Å²) in [6, 6.07) is 7.37. The minimum absolute atomic E-state index is 0.0628. The summed E-state index contributed by atoms with van der Waals surface area (Å²) in [5.41, 5.74) is 3.63. The Bertz CT molecular complexity index is 953. The fourth-order valence-corrected chi connectivity index (χ4v) is 2.85. The van der Waals surface area contributed by atoms with Gasteiger partial charge in [0.25, 0.3) is 5.56 Å². The quantitative estimate of drug-likeness (QED) is 0.775. The molecule has 0 radical (unpaired) electrons. The second-order valence-corrected chi connectivity index (χ2v) is 6.36. The van der Waals surface area contributed by atoms with Crippen LogP contribution in [0.2, 0.25) is 0 Å². The van der Waals surface area contributed by atoms with E-state index in [0.29, 0.717) is 19.0 Å². The monoisotopic (exact) mass is 324 g/mol. The summed E-state index contributed by atoms with van der Waals surface area (Å²) in [6.45, 7) is 5.01. The number of nitrogens with zero attached hydrogens (tertiary/aromatic N) is 5. The molecule has 1 aliphatic rings. The molecule has 0 bridgehead atoms. The number of nitrogens with one attached hydrogen (secondary N) is 1. The molecule has 0 aliphatic heterocycles. The van der Waals surface area contributed by atoms with Crippen LogP contribution in [0.25, 0.3) is 5.65 Å². The SMILES string of the molecule is Cc1cc(NCCn2nc(C3CC3)ccc2=O)n2nc(C)cc2n1. The first-order chi connectivity index (χ1) is 11.6. The van der Waals surface area contributed by atoms with Crippen molar-refractivity contribution in [2.45, 2.75) is 39.2 Å². The lowest BCUT2D eigenvalue weighted by Gasteiger charge is -2.10. The van der Waals surface area contributed by atoms with E-state index in [0.717, 1.165) is 28.5 Å². The van der Waals surface area contributed by atoms with Crippen LogP contribution in [-0.4, -0.2) is 30.9 Å². The van der Waals surface area contributed by atoms with Gasteiger partial charge in [-0.25, -0.2) is 9.67 Å². The molecule has 24 heavy (non-hydrogen) atoms. The maximum absolute atomic E-state index is 12.0. The Labute approximate surface area is 139 Å². The highest BCUT2D eigenvalue weighted by molar-refractivity contribution is 5.50. The molecule has 1 saturated carbocycles. The van der Waals surface area contributed by atoms with Crippen LogP contribution in [0.4, 0.5) is 5.82 Å². The lowest BCUT2D eigenvalue weighted by atomic mass is 10.3. The molecule has 0 aromatic carbocycles. The summed E-state index contributed by atoms with van der Waals surface area (Å²) >= 11 is 0. The number of hydrogen-bond donors (Lipinski definition) is 1. The molecule has 0 saturated heterocycles. The molecule has 4 rings (SSSR count). The zero-order valence-corrected chi connectivity index (χ0v) is 13.9. The standard InChI is InChI=1S/C17H20N6O/c1-11-9-15(23-16(19-11)10-12(2)20-23)18-7-8-22-17(24)6-5-14(21-22)13-3-4-13/h5-6,9-10,13,18H,3-4,7-8H2,1-2H3. The van der Waals surface area contributed by atoms with Crippen molar-refractivity contribution < 1.29 is 0 Å². The largest absolute Gasteiger partial charge is 0.368 e. The van der Waals surface area contributed by atoms with Gasteiger partial charge in [0, 0.05) is 36.4 Å². The van der Waals surface area contributed by atoms with E-state index >= 15 is 0 Å². The minimum atomic E-state index is -0.0628. The van der Waals surface area contributed by atoms with Crippen LogP contribution in [0, 0.1) is 13.8 Å². The lowest BCUT2D eigenvalue weighted by molar-refractivity contribution is 0.581. The summed E-state index contributed by atoms with van der Waals surface area (Å²) in [5, 5.41) is 12.3. The van der Waals surface area contributed by atoms with Crippen LogP contribution in [0.15, 0.2) is 29.1 Å². The van der Waals surface area contributed by atoms with Gasteiger partial charge in [-0.1, -0.05) is 0 Å². The Hall–Kier alpha value is -2.70. The zero-order chi connectivity index (χ0) is 16.7. The Balaban J connectivity index is 1.52. The van der Waals surface area contributed by atoms with Gasteiger partial charge in [0.05, 0.1) is 17.9 Å². The maximum atomic E-state index is 12.0. The minimum Gasteiger partial charge on any atom is -0.368 e. The summed E-state index contributed by atoms with van der Waals surface area (Å²) in [6.07, 6.45) is 2.35. The number of fused-ring (bicyclic) bond motifs is 1. The van der Waals surface area contributed by atoms with Crippen molar-refractivity contribution in [3.05, 3.63) is 51.7 Å². The third-order valence-electron chi connectivity index (χ3n) is 4.19. The molecule has 0 unspecified atom stereocenters. The first-order valence-electron chi connectivity index (χ1n) is 8.26. The number of aromatic nitrogens is 5. The first-order valence-corrected chi connectivity index (χ1v) is 8.26. The molecule has 7 nitrogen and oxygen atoms in total. The molecular weight excluding hydrogens is 304 g/mol. The molecule has 3 heterocycles. The molecule has 1 fully saturated rings. The van der Waals surface area contributed by atoms with Gasteiger partial charge < -0.3 is 5.32 Å². The van der Waals surface area contributed by atoms with Gasteiger partial charge in [0.1, 0.15) is 5.82 Å². The van der Waals surface area contributed by atoms with Gasteiger partial charge in [0.2, 0.25) is 0 Å². The van der Waals surface area contributed by atoms with Gasteiger partial charge in [-0.2, -0.15) is 14.7 Å². The Kier molecular flexibility index (Phi) is 3.55. The number of anilines is 1. The number of hydrogen-bond acceptors (Lipinski definition) is 5. The molecule has 124 valence electrons. The molecule has 0 spiro atoms.